The first-order chi connectivity index (χ1) is 30.6. The number of rotatable bonds is 23. The van der Waals surface area contributed by atoms with E-state index in [0.29, 0.717) is 71.3 Å². The second-order valence-electron chi connectivity index (χ2n) is 12.7. The number of nitrogens with two attached hydrogens (primary N) is 1. The molecule has 0 rings (SSSR count). The van der Waals surface area contributed by atoms with Crippen LogP contribution in [0.2, 0.25) is 0 Å². The third kappa shape index (κ3) is 92.2. The SMILES string of the molecule is C.CC(C)(CO)CCCCN.COC(=O)CCCN=CC=O.COC(=O)CCCNC(=O)NCCCCC(C)(C)CO.COC(=O)CCC[NH3+].I.II.II.I[I-]I.[2H][2H].[2H][2H].[2H][2H].[2H][2H].[Cl-]. The molecule has 0 atom stereocenters. The van der Waals surface area contributed by atoms with Crippen LogP contribution >= 0.6 is 136 Å². The second kappa shape index (κ2) is 72.6. The van der Waals surface area contributed by atoms with Gasteiger partial charge in [-0.05, 0) is 55.9 Å². The van der Waals surface area contributed by atoms with Gasteiger partial charge < -0.3 is 58.9 Å². The van der Waals surface area contributed by atoms with Crippen LogP contribution in [0.5, 0.6) is 0 Å². The van der Waals surface area contributed by atoms with E-state index in [1.54, 1.807) is 0 Å². The molecule has 15 nitrogen and oxygen atoms in total. The molecule has 0 aromatic carbocycles. The van der Waals surface area contributed by atoms with Crippen LogP contribution in [-0.2, 0) is 33.4 Å². The van der Waals surface area contributed by atoms with Crippen molar-refractivity contribution in [3.05, 3.63) is 0 Å². The largest absolute Gasteiger partial charge is 1.00 e. The predicted octanol–water partition coefficient (Wildman–Crippen LogP) is 3.51. The zero-order valence-electron chi connectivity index (χ0n) is 42.9. The van der Waals surface area contributed by atoms with Crippen LogP contribution in [0.3, 0.4) is 0 Å². The molecule has 0 spiro atoms. The van der Waals surface area contributed by atoms with Crippen LogP contribution in [0.15, 0.2) is 4.99 Å². The number of hydrogen-bond donors (Lipinski definition) is 6. The van der Waals surface area contributed by atoms with Crippen LogP contribution < -0.4 is 47.8 Å². The van der Waals surface area contributed by atoms with Gasteiger partial charge in [0.05, 0.1) is 40.5 Å². The first-order valence-corrected chi connectivity index (χ1v) is 42.7. The first-order valence-electron chi connectivity index (χ1n) is 21.6. The van der Waals surface area contributed by atoms with Crippen molar-refractivity contribution in [2.24, 2.45) is 21.6 Å². The third-order valence-corrected chi connectivity index (χ3v) is 6.72. The molecule has 0 aliphatic carbocycles. The topological polar surface area (TPSA) is 244 Å². The average Bonchev–Trinajstić information content (AvgIpc) is 3.34. The Bertz CT molecular complexity index is 947. The van der Waals surface area contributed by atoms with E-state index >= 15 is 0 Å². The number of methoxy groups -OCH3 is 3. The number of aliphatic imine (C=N–C) groups is 1. The summed E-state index contributed by atoms with van der Waals surface area (Å²) in [6.45, 7) is 11.8. The molecule has 59 heavy (non-hydrogen) atoms. The van der Waals surface area contributed by atoms with Crippen molar-refractivity contribution in [3.63, 3.8) is 0 Å². The van der Waals surface area contributed by atoms with E-state index in [0.717, 1.165) is 58.0 Å². The number of quaternary nitrogens is 1. The van der Waals surface area contributed by atoms with E-state index < -0.39 is 0 Å². The Balaban J connectivity index is -0.0000000434. The molecule has 0 saturated carbocycles. The summed E-state index contributed by atoms with van der Waals surface area (Å²) in [6, 6.07) is -0.212. The molecular formula is C35H83ClI8N5O10-. The van der Waals surface area contributed by atoms with Gasteiger partial charge in [0.25, 0.3) is 0 Å². The van der Waals surface area contributed by atoms with Gasteiger partial charge in [0.15, 0.2) is 6.29 Å². The van der Waals surface area contributed by atoms with Crippen LogP contribution in [-0.4, -0.2) is 114 Å². The van der Waals surface area contributed by atoms with Gasteiger partial charge in [-0.3, -0.25) is 24.2 Å². The number of amides is 2. The van der Waals surface area contributed by atoms with Crippen molar-refractivity contribution in [1.82, 2.24) is 10.6 Å². The van der Waals surface area contributed by atoms with Crippen LogP contribution in [0.25, 0.3) is 0 Å². The number of aldehydes is 1. The summed E-state index contributed by atoms with van der Waals surface area (Å²) < 4.78 is 53.3. The predicted molar refractivity (Wildman–Crippen MR) is 306 cm³/mol. The van der Waals surface area contributed by atoms with Gasteiger partial charge in [0.2, 0.25) is 0 Å². The smallest absolute Gasteiger partial charge is 0 e. The second-order valence-corrected chi connectivity index (χ2v) is 28.9. The van der Waals surface area contributed by atoms with Gasteiger partial charge >= 0.3 is 74.4 Å². The number of nitrogens with zero attached hydrogens (tertiary/aromatic N) is 1. The van der Waals surface area contributed by atoms with Gasteiger partial charge in [-0.1, -0.05) is 48.0 Å². The molecule has 0 radical (unpaired) electrons. The molecule has 0 fully saturated rings. The number of nitrogens with one attached hydrogen (secondary N) is 2. The van der Waals surface area contributed by atoms with Gasteiger partial charge in [0, 0.05) is 138 Å². The number of aliphatic hydroxyl groups is 2. The molecule has 0 unspecified atom stereocenters. The number of urea groups is 1. The fourth-order valence-electron chi connectivity index (χ4n) is 3.34. The summed E-state index contributed by atoms with van der Waals surface area (Å²) in [5.41, 5.74) is 8.97. The van der Waals surface area contributed by atoms with E-state index in [1.165, 1.54) is 27.5 Å². The molecule has 0 bridgehead atoms. The van der Waals surface area contributed by atoms with Crippen molar-refractivity contribution < 1.29 is 91.7 Å². The monoisotopic (exact) mass is 1790 g/mol. The number of unbranched alkanes of at least 4 members (excludes halogenated alkanes) is 2. The maximum atomic E-state index is 11.4. The molecular weight excluding hydrogens is 1700 g/mol. The number of ether oxygens (including phenoxy) is 3. The van der Waals surface area contributed by atoms with E-state index in [9.17, 15) is 24.0 Å². The summed E-state index contributed by atoms with van der Waals surface area (Å²) >= 11 is 13.8. The van der Waals surface area contributed by atoms with Gasteiger partial charge in [-0.15, -0.1) is 24.0 Å². The van der Waals surface area contributed by atoms with Gasteiger partial charge in [0.1, 0.15) is 0 Å². The van der Waals surface area contributed by atoms with Crippen molar-refractivity contribution in [1.29, 1.82) is 0 Å². The summed E-state index contributed by atoms with van der Waals surface area (Å²) in [4.78, 5) is 56.5. The zero-order valence-corrected chi connectivity index (χ0v) is 53.1. The zero-order chi connectivity index (χ0) is 53.1. The average molecular weight is 1790 g/mol. The van der Waals surface area contributed by atoms with Crippen LogP contribution in [0, 0.1) is 10.8 Å². The molecule has 0 saturated heterocycles. The Morgan fingerprint density at radius 2 is 1.12 bits per heavy atom. The fourth-order valence-corrected chi connectivity index (χ4v) is 3.34. The Hall–Kier alpha value is 2.99. The Morgan fingerprint density at radius 3 is 1.46 bits per heavy atom. The first kappa shape index (κ1) is 73.6. The van der Waals surface area contributed by atoms with Crippen molar-refractivity contribution in [2.75, 3.05) is 67.3 Å². The van der Waals surface area contributed by atoms with Crippen molar-refractivity contribution in [3.8, 4) is 0 Å². The van der Waals surface area contributed by atoms with Gasteiger partial charge in [-0.2, -0.15) is 0 Å². The molecule has 2 amide bonds. The molecule has 9 N–H and O–H groups in total. The molecule has 0 aromatic heterocycles. The molecule has 0 aliphatic heterocycles. The Morgan fingerprint density at radius 1 is 0.763 bits per heavy atom. The summed E-state index contributed by atoms with van der Waals surface area (Å²) in [7, 11) is 4.09. The minimum Gasteiger partial charge on any atom is -1.00 e. The number of halogens is 9. The molecule has 0 aromatic rings. The molecule has 24 heteroatoms. The van der Waals surface area contributed by atoms with Crippen LogP contribution in [0.1, 0.15) is 124 Å². The molecule has 0 heterocycles. The Labute approximate surface area is 468 Å². The fraction of sp³-hybridized carbons (Fsp3) is 0.829. The normalized spacial score (nSPS) is 9.92. The maximum absolute atomic E-state index is 11.4. The maximum Gasteiger partial charge on any atom is 0 e. The number of esters is 3. The van der Waals surface area contributed by atoms with E-state index in [1.807, 2.05) is 13.8 Å². The van der Waals surface area contributed by atoms with Gasteiger partial charge in [-0.25, -0.2) is 4.79 Å². The van der Waals surface area contributed by atoms with Crippen molar-refractivity contribution in [2.45, 2.75) is 112 Å². The van der Waals surface area contributed by atoms with Crippen molar-refractivity contribution >= 4 is 172 Å². The summed E-state index contributed by atoms with van der Waals surface area (Å²) in [5.74, 6) is -0.654. The minimum absolute atomic E-state index is 0. The van der Waals surface area contributed by atoms with E-state index in [-0.39, 0.29) is 91.8 Å². The number of carbonyl (C=O) groups is 5. The summed E-state index contributed by atoms with van der Waals surface area (Å²) in [6.07, 6.45) is 11.0. The Kier molecular flexibility index (Phi) is 90.5. The third-order valence-electron chi connectivity index (χ3n) is 6.72. The summed E-state index contributed by atoms with van der Waals surface area (Å²) in [5, 5.41) is 23.4. The standard InChI is InChI=1S/C14H28N2O4.C8H19NO.C7H11NO3.C5H11NO2.CH4.ClH.I3.2I2.HI.4H2/c1-14(2,11-17)8-4-5-9-15-13(19)16-10-6-7-12(18)20-3;1-8(2,7-10)5-3-4-6-9;1-11-7(10)3-2-4-8-5-6-9;1-8-5(7)3-2-4-6;;;1-3-2;2*1-2;;;;;/h17H,4-11H2,1-3H3,(H2,15,16,19);10H,3-7,9H2,1-2H3;5-6H,2-4H2,1H3;2-4,6H2,1H3;1H4;1H;;;;5*1H/q;;;;;;-1;;;;;;;/i;;;;;;;;;;4*1+1D. The number of carbonyl (C=O) groups excluding carboxylic acids is 5. The van der Waals surface area contributed by atoms with Crippen LogP contribution in [0.4, 0.5) is 4.79 Å². The quantitative estimate of drug-likeness (QED) is 0.0216. The molecule has 372 valence electrons. The van der Waals surface area contributed by atoms with E-state index in [2.05, 4.69) is 161 Å². The minimum atomic E-state index is -0.265. The number of aliphatic hydroxyl groups excluding tert-OH is 2. The number of hydrogen-bond acceptors (Lipinski definition) is 12. The van der Waals surface area contributed by atoms with E-state index in [4.69, 9.17) is 27.8 Å². The molecule has 0 aliphatic rings.